The van der Waals surface area contributed by atoms with Crippen molar-refractivity contribution in [1.82, 2.24) is 19.5 Å². The number of rotatable bonds is 3. The zero-order valence-corrected chi connectivity index (χ0v) is 13.2. The number of nitrogen functional groups attached to an aromatic ring is 1. The molecule has 2 N–H and O–H groups in total. The van der Waals surface area contributed by atoms with E-state index in [9.17, 15) is 4.79 Å². The highest BCUT2D eigenvalue weighted by Crippen LogP contribution is 2.25. The maximum Gasteiger partial charge on any atom is 0.409 e. The molecule has 0 aromatic carbocycles. The van der Waals surface area contributed by atoms with Crippen molar-refractivity contribution >= 4 is 23.5 Å². The van der Waals surface area contributed by atoms with E-state index in [1.54, 1.807) is 23.4 Å². The number of nitrogens with zero attached hydrogens (tertiary/aromatic N) is 5. The van der Waals surface area contributed by atoms with Gasteiger partial charge in [0.25, 0.3) is 0 Å². The Bertz CT molecular complexity index is 708. The molecule has 1 amide bonds. The van der Waals surface area contributed by atoms with E-state index in [-0.39, 0.29) is 12.0 Å². The van der Waals surface area contributed by atoms with Gasteiger partial charge in [-0.3, -0.25) is 0 Å². The largest absolute Gasteiger partial charge is 0.493 e. The Labute approximate surface area is 133 Å². The average Bonchev–Trinajstić information content (AvgIpc) is 2.95. The van der Waals surface area contributed by atoms with Crippen molar-refractivity contribution in [3.05, 3.63) is 12.1 Å². The van der Waals surface area contributed by atoms with E-state index in [0.29, 0.717) is 44.2 Å². The molecule has 1 aliphatic rings. The number of nitrogens with two attached hydrogens (primary N) is 1. The van der Waals surface area contributed by atoms with Crippen molar-refractivity contribution in [3.8, 4) is 5.75 Å². The van der Waals surface area contributed by atoms with Crippen LogP contribution in [0.15, 0.2) is 12.1 Å². The SMILES string of the molecule is CCOC(=O)N1CCN(c2ccc(OC)c3nc(N)nn23)CC1. The van der Waals surface area contributed by atoms with Crippen molar-refractivity contribution in [2.75, 3.05) is 50.5 Å². The molecule has 23 heavy (non-hydrogen) atoms. The molecule has 0 saturated carbocycles. The minimum absolute atomic E-state index is 0.195. The van der Waals surface area contributed by atoms with Gasteiger partial charge in [-0.25, -0.2) is 4.79 Å². The Morgan fingerprint density at radius 2 is 2.04 bits per heavy atom. The summed E-state index contributed by atoms with van der Waals surface area (Å²) in [6.07, 6.45) is -0.267. The van der Waals surface area contributed by atoms with Crippen molar-refractivity contribution < 1.29 is 14.3 Å². The first-order chi connectivity index (χ1) is 11.1. The van der Waals surface area contributed by atoms with E-state index in [0.717, 1.165) is 5.82 Å². The van der Waals surface area contributed by atoms with Crippen LogP contribution in [0.5, 0.6) is 5.75 Å². The molecule has 9 heteroatoms. The third kappa shape index (κ3) is 2.81. The quantitative estimate of drug-likeness (QED) is 0.884. The van der Waals surface area contributed by atoms with Crippen LogP contribution in [0.1, 0.15) is 6.92 Å². The summed E-state index contributed by atoms with van der Waals surface area (Å²) in [6, 6.07) is 3.76. The molecule has 1 fully saturated rings. The minimum Gasteiger partial charge on any atom is -0.493 e. The van der Waals surface area contributed by atoms with Gasteiger partial charge in [0.05, 0.1) is 13.7 Å². The molecule has 0 aliphatic carbocycles. The normalized spacial score (nSPS) is 15.0. The van der Waals surface area contributed by atoms with Crippen LogP contribution >= 0.6 is 0 Å². The first-order valence-corrected chi connectivity index (χ1v) is 7.50. The first-order valence-electron chi connectivity index (χ1n) is 7.50. The number of methoxy groups -OCH3 is 1. The Kier molecular flexibility index (Phi) is 4.09. The van der Waals surface area contributed by atoms with Crippen LogP contribution in [0.2, 0.25) is 0 Å². The second-order valence-electron chi connectivity index (χ2n) is 5.14. The van der Waals surface area contributed by atoms with Gasteiger partial charge in [-0.05, 0) is 19.1 Å². The lowest BCUT2D eigenvalue weighted by atomic mass is 10.3. The number of anilines is 2. The van der Waals surface area contributed by atoms with E-state index in [1.165, 1.54) is 0 Å². The van der Waals surface area contributed by atoms with E-state index < -0.39 is 0 Å². The Morgan fingerprint density at radius 1 is 1.30 bits per heavy atom. The molecule has 0 atom stereocenters. The van der Waals surface area contributed by atoms with Gasteiger partial charge >= 0.3 is 6.09 Å². The molecule has 1 saturated heterocycles. The fourth-order valence-electron chi connectivity index (χ4n) is 2.67. The molecule has 0 unspecified atom stereocenters. The lowest BCUT2D eigenvalue weighted by Gasteiger charge is -2.35. The summed E-state index contributed by atoms with van der Waals surface area (Å²) in [4.78, 5) is 19.8. The summed E-state index contributed by atoms with van der Waals surface area (Å²) in [5.74, 6) is 1.68. The van der Waals surface area contributed by atoms with Gasteiger partial charge in [-0.15, -0.1) is 5.10 Å². The molecule has 3 rings (SSSR count). The summed E-state index contributed by atoms with van der Waals surface area (Å²) in [5, 5.41) is 4.24. The van der Waals surface area contributed by atoms with Crippen molar-refractivity contribution in [3.63, 3.8) is 0 Å². The molecule has 2 aromatic rings. The zero-order chi connectivity index (χ0) is 16.4. The van der Waals surface area contributed by atoms with Crippen molar-refractivity contribution in [2.45, 2.75) is 6.92 Å². The van der Waals surface area contributed by atoms with E-state index in [4.69, 9.17) is 15.2 Å². The van der Waals surface area contributed by atoms with Gasteiger partial charge < -0.3 is 25.0 Å². The molecular formula is C14H20N6O3. The van der Waals surface area contributed by atoms with Gasteiger partial charge in [0, 0.05) is 26.2 Å². The van der Waals surface area contributed by atoms with Crippen molar-refractivity contribution in [2.24, 2.45) is 0 Å². The summed E-state index contributed by atoms with van der Waals surface area (Å²) in [5.41, 5.74) is 6.30. The maximum absolute atomic E-state index is 11.8. The van der Waals surface area contributed by atoms with Gasteiger partial charge in [0.15, 0.2) is 5.75 Å². The maximum atomic E-state index is 11.8. The van der Waals surface area contributed by atoms with Crippen LogP contribution < -0.4 is 15.4 Å². The predicted molar refractivity (Wildman–Crippen MR) is 84.8 cm³/mol. The topological polar surface area (TPSA) is 98.2 Å². The Balaban J connectivity index is 1.81. The average molecular weight is 320 g/mol. The van der Waals surface area contributed by atoms with Gasteiger partial charge in [-0.1, -0.05) is 0 Å². The molecule has 0 spiro atoms. The third-order valence-electron chi connectivity index (χ3n) is 3.79. The highest BCUT2D eigenvalue weighted by Gasteiger charge is 2.24. The number of ether oxygens (including phenoxy) is 2. The van der Waals surface area contributed by atoms with Crippen molar-refractivity contribution in [1.29, 1.82) is 0 Å². The van der Waals surface area contributed by atoms with Crippen LogP contribution in [0.3, 0.4) is 0 Å². The second kappa shape index (κ2) is 6.19. The van der Waals surface area contributed by atoms with Gasteiger partial charge in [0.2, 0.25) is 11.6 Å². The summed E-state index contributed by atoms with van der Waals surface area (Å²) >= 11 is 0. The monoisotopic (exact) mass is 320 g/mol. The molecule has 0 bridgehead atoms. The number of aromatic nitrogens is 3. The number of piperazine rings is 1. The Morgan fingerprint density at radius 3 is 2.70 bits per heavy atom. The lowest BCUT2D eigenvalue weighted by molar-refractivity contribution is 0.105. The number of carbonyl (C=O) groups excluding carboxylic acids is 1. The highest BCUT2D eigenvalue weighted by atomic mass is 16.6. The van der Waals surface area contributed by atoms with E-state index >= 15 is 0 Å². The number of carbonyl (C=O) groups is 1. The lowest BCUT2D eigenvalue weighted by Crippen LogP contribution is -2.49. The number of hydrogen-bond acceptors (Lipinski definition) is 7. The highest BCUT2D eigenvalue weighted by molar-refractivity contribution is 5.68. The molecule has 2 aromatic heterocycles. The zero-order valence-electron chi connectivity index (χ0n) is 13.2. The van der Waals surface area contributed by atoms with Gasteiger partial charge in [-0.2, -0.15) is 9.50 Å². The smallest absolute Gasteiger partial charge is 0.409 e. The number of fused-ring (bicyclic) bond motifs is 1. The van der Waals surface area contributed by atoms with Crippen LogP contribution in [-0.4, -0.2) is 65.5 Å². The fraction of sp³-hybridized carbons (Fsp3) is 0.500. The molecule has 9 nitrogen and oxygen atoms in total. The van der Waals surface area contributed by atoms with Crippen LogP contribution in [0, 0.1) is 0 Å². The second-order valence-corrected chi connectivity index (χ2v) is 5.14. The summed E-state index contributed by atoms with van der Waals surface area (Å²) in [6.45, 7) is 4.74. The molecule has 1 aliphatic heterocycles. The molecular weight excluding hydrogens is 300 g/mol. The van der Waals surface area contributed by atoms with E-state index in [2.05, 4.69) is 15.0 Å². The third-order valence-corrected chi connectivity index (χ3v) is 3.79. The predicted octanol–water partition coefficient (Wildman–Crippen LogP) is 0.599. The number of amides is 1. The standard InChI is InChI=1S/C14H20N6O3/c1-3-23-14(21)19-8-6-18(7-9-19)11-5-4-10(22-2)12-16-13(15)17-20(11)12/h4-5H,3,6-9H2,1-2H3,(H2,15,17). The minimum atomic E-state index is -0.267. The molecule has 124 valence electrons. The number of hydrogen-bond donors (Lipinski definition) is 1. The van der Waals surface area contributed by atoms with E-state index in [1.807, 2.05) is 12.1 Å². The Hall–Kier alpha value is -2.71. The van der Waals surface area contributed by atoms with Crippen LogP contribution in [0.4, 0.5) is 16.6 Å². The summed E-state index contributed by atoms with van der Waals surface area (Å²) in [7, 11) is 1.58. The van der Waals surface area contributed by atoms with Crippen LogP contribution in [-0.2, 0) is 4.74 Å². The number of pyridine rings is 1. The van der Waals surface area contributed by atoms with Crippen LogP contribution in [0.25, 0.3) is 5.65 Å². The van der Waals surface area contributed by atoms with Gasteiger partial charge in [0.1, 0.15) is 5.82 Å². The fourth-order valence-corrected chi connectivity index (χ4v) is 2.67. The summed E-state index contributed by atoms with van der Waals surface area (Å²) < 4.78 is 12.0. The molecule has 3 heterocycles. The molecule has 0 radical (unpaired) electrons. The first kappa shape index (κ1) is 15.2.